The first kappa shape index (κ1) is 25.0. The van der Waals surface area contributed by atoms with E-state index in [1.54, 1.807) is 5.64 Å². The molecule has 1 fully saturated rings. The summed E-state index contributed by atoms with van der Waals surface area (Å²) in [6, 6.07) is 9.80. The highest BCUT2D eigenvalue weighted by Gasteiger charge is 2.61. The van der Waals surface area contributed by atoms with E-state index in [0.717, 1.165) is 12.0 Å². The van der Waals surface area contributed by atoms with Crippen LogP contribution in [0.25, 0.3) is 0 Å². The van der Waals surface area contributed by atoms with Gasteiger partial charge in [0.05, 0.1) is 18.6 Å². The van der Waals surface area contributed by atoms with Gasteiger partial charge in [-0.2, -0.15) is 0 Å². The van der Waals surface area contributed by atoms with Crippen molar-refractivity contribution in [1.82, 2.24) is 15.9 Å². The van der Waals surface area contributed by atoms with Crippen molar-refractivity contribution in [2.45, 2.75) is 39.5 Å². The number of nitrogens with one attached hydrogen (secondary N) is 2. The highest BCUT2D eigenvalue weighted by Crippen LogP contribution is 2.55. The van der Waals surface area contributed by atoms with Crippen LogP contribution in [0.2, 0.25) is 0 Å². The number of hydrogen-bond acceptors (Lipinski definition) is 6. The molecule has 1 aromatic carbocycles. The summed E-state index contributed by atoms with van der Waals surface area (Å²) in [7, 11) is 0. The van der Waals surface area contributed by atoms with Crippen LogP contribution in [0.3, 0.4) is 0 Å². The quantitative estimate of drug-likeness (QED) is 0.360. The minimum atomic E-state index is -0.554. The van der Waals surface area contributed by atoms with Crippen LogP contribution in [0, 0.1) is 5.92 Å². The Kier molecular flexibility index (Phi) is 11.5. The third-order valence-electron chi connectivity index (χ3n) is 5.00. The molecule has 0 spiro atoms. The van der Waals surface area contributed by atoms with Crippen LogP contribution < -0.4 is 11.0 Å². The highest BCUT2D eigenvalue weighted by molar-refractivity contribution is 5.92. The average Bonchev–Trinajstić information content (AvgIpc) is 3.50. The van der Waals surface area contributed by atoms with Crippen LogP contribution in [-0.2, 0) is 24.6 Å². The number of carbonyl (C=O) groups excluding carboxylic acids is 2. The van der Waals surface area contributed by atoms with Crippen LogP contribution >= 0.6 is 0 Å². The van der Waals surface area contributed by atoms with Crippen molar-refractivity contribution in [3.05, 3.63) is 35.9 Å². The van der Waals surface area contributed by atoms with Gasteiger partial charge in [0, 0.05) is 19.6 Å². The Bertz CT molecular complexity index is 610. The highest BCUT2D eigenvalue weighted by atomic mass is 16.8. The van der Waals surface area contributed by atoms with Gasteiger partial charge in [-0.3, -0.25) is 19.6 Å². The molecule has 2 rings (SSSR count). The summed E-state index contributed by atoms with van der Waals surface area (Å²) < 4.78 is 5.14. The first-order valence-corrected chi connectivity index (χ1v) is 10.3. The standard InChI is InChI=1S/C19H29N3O5.C2H6/c1-3-22(4-2)18(24)19(15-8-6-5-7-9-15)12-16(19)13-20-17(23)14-26-10-11-27-21-25;1-2/h5-9,16,21,25H,3-4,10-14H2,1-2H3,(H,20,23);1-2H3/t16-,19+;/m1./s1. The number of nitrogens with zero attached hydrogens (tertiary/aromatic N) is 1. The molecule has 2 atom stereocenters. The summed E-state index contributed by atoms with van der Waals surface area (Å²) >= 11 is 0. The molecule has 2 amide bonds. The molecule has 8 nitrogen and oxygen atoms in total. The molecule has 0 aromatic heterocycles. The zero-order chi connectivity index (χ0) is 21.7. The Morgan fingerprint density at radius 2 is 1.83 bits per heavy atom. The lowest BCUT2D eigenvalue weighted by molar-refractivity contribution is -0.142. The summed E-state index contributed by atoms with van der Waals surface area (Å²) in [4.78, 5) is 31.4. The number of carbonyl (C=O) groups is 2. The van der Waals surface area contributed by atoms with E-state index in [-0.39, 0.29) is 37.6 Å². The lowest BCUT2D eigenvalue weighted by Gasteiger charge is -2.26. The molecular formula is C21H35N3O5. The predicted molar refractivity (Wildman–Crippen MR) is 110 cm³/mol. The monoisotopic (exact) mass is 409 g/mol. The van der Waals surface area contributed by atoms with E-state index in [4.69, 9.17) is 9.94 Å². The van der Waals surface area contributed by atoms with E-state index in [1.807, 2.05) is 62.9 Å². The topological polar surface area (TPSA) is 100 Å². The summed E-state index contributed by atoms with van der Waals surface area (Å²) in [6.07, 6.45) is 0.726. The van der Waals surface area contributed by atoms with Gasteiger partial charge in [-0.15, -0.1) is 0 Å². The second-order valence-corrected chi connectivity index (χ2v) is 6.51. The molecule has 1 aliphatic rings. The fourth-order valence-corrected chi connectivity index (χ4v) is 3.44. The van der Waals surface area contributed by atoms with Crippen LogP contribution in [0.4, 0.5) is 0 Å². The molecule has 1 aromatic rings. The Hall–Kier alpha value is -2.00. The maximum atomic E-state index is 13.2. The zero-order valence-corrected chi connectivity index (χ0v) is 17.9. The Morgan fingerprint density at radius 3 is 2.41 bits per heavy atom. The number of rotatable bonds is 12. The van der Waals surface area contributed by atoms with Gasteiger partial charge in [-0.1, -0.05) is 49.8 Å². The second kappa shape index (κ2) is 13.3. The summed E-state index contributed by atoms with van der Waals surface area (Å²) in [6.45, 7) is 9.94. The van der Waals surface area contributed by atoms with E-state index >= 15 is 0 Å². The molecule has 0 bridgehead atoms. The number of hydrogen-bond donors (Lipinski definition) is 3. The number of benzene rings is 1. The van der Waals surface area contributed by atoms with Crippen molar-refractivity contribution < 1.29 is 24.4 Å². The lowest BCUT2D eigenvalue weighted by atomic mass is 9.91. The minimum absolute atomic E-state index is 0.0684. The first-order chi connectivity index (χ1) is 14.1. The average molecular weight is 410 g/mol. The molecule has 0 aliphatic heterocycles. The SMILES string of the molecule is CC.CCN(CC)C(=O)[C@]1(c2ccccc2)C[C@@H]1CNC(=O)COCCONO. The van der Waals surface area contributed by atoms with E-state index < -0.39 is 5.41 Å². The predicted octanol–water partition coefficient (Wildman–Crippen LogP) is 1.88. The number of amides is 2. The fraction of sp³-hybridized carbons (Fsp3) is 0.619. The maximum absolute atomic E-state index is 13.2. The van der Waals surface area contributed by atoms with Crippen LogP contribution in [-0.4, -0.2) is 61.4 Å². The summed E-state index contributed by atoms with van der Waals surface area (Å²) in [5.41, 5.74) is 1.99. The van der Waals surface area contributed by atoms with Gasteiger partial charge in [0.1, 0.15) is 6.61 Å². The summed E-state index contributed by atoms with van der Waals surface area (Å²) in [5.74, 6) is -0.0437. The van der Waals surface area contributed by atoms with Crippen molar-refractivity contribution in [3.8, 4) is 0 Å². The normalized spacial score (nSPS) is 19.7. The van der Waals surface area contributed by atoms with Crippen LogP contribution in [0.15, 0.2) is 30.3 Å². The van der Waals surface area contributed by atoms with Gasteiger partial charge < -0.3 is 15.0 Å². The van der Waals surface area contributed by atoms with Gasteiger partial charge in [0.25, 0.3) is 0 Å². The van der Waals surface area contributed by atoms with Gasteiger partial charge in [0.15, 0.2) is 0 Å². The van der Waals surface area contributed by atoms with Crippen molar-refractivity contribution in [3.63, 3.8) is 0 Å². The molecular weight excluding hydrogens is 374 g/mol. The zero-order valence-electron chi connectivity index (χ0n) is 17.9. The molecule has 8 heteroatoms. The van der Waals surface area contributed by atoms with E-state index in [9.17, 15) is 9.59 Å². The fourth-order valence-electron chi connectivity index (χ4n) is 3.44. The van der Waals surface area contributed by atoms with Crippen LogP contribution in [0.5, 0.6) is 0 Å². The van der Waals surface area contributed by atoms with Gasteiger partial charge in [0.2, 0.25) is 11.8 Å². The molecule has 1 aliphatic carbocycles. The van der Waals surface area contributed by atoms with Gasteiger partial charge >= 0.3 is 0 Å². The Morgan fingerprint density at radius 1 is 1.17 bits per heavy atom. The molecule has 0 radical (unpaired) electrons. The van der Waals surface area contributed by atoms with Crippen molar-refractivity contribution in [2.24, 2.45) is 5.92 Å². The number of ether oxygens (including phenoxy) is 1. The molecule has 29 heavy (non-hydrogen) atoms. The van der Waals surface area contributed by atoms with Crippen LogP contribution in [0.1, 0.15) is 39.7 Å². The molecule has 3 N–H and O–H groups in total. The van der Waals surface area contributed by atoms with E-state index in [2.05, 4.69) is 10.2 Å². The van der Waals surface area contributed by atoms with Crippen molar-refractivity contribution >= 4 is 11.8 Å². The molecule has 0 saturated heterocycles. The first-order valence-electron chi connectivity index (χ1n) is 10.3. The van der Waals surface area contributed by atoms with Gasteiger partial charge in [-0.25, -0.2) is 0 Å². The molecule has 1 saturated carbocycles. The third kappa shape index (κ3) is 6.78. The molecule has 0 unspecified atom stereocenters. The van der Waals surface area contributed by atoms with Crippen molar-refractivity contribution in [2.75, 3.05) is 39.5 Å². The Balaban J connectivity index is 0.00000204. The molecule has 0 heterocycles. The smallest absolute Gasteiger partial charge is 0.246 e. The summed E-state index contributed by atoms with van der Waals surface area (Å²) in [5, 5.41) is 11.1. The minimum Gasteiger partial charge on any atom is -0.369 e. The largest absolute Gasteiger partial charge is 0.369 e. The van der Waals surface area contributed by atoms with E-state index in [0.29, 0.717) is 19.6 Å². The molecule has 164 valence electrons. The number of likely N-dealkylation sites (N-methyl/N-ethyl adjacent to an activating group) is 1. The van der Waals surface area contributed by atoms with Gasteiger partial charge in [-0.05, 0) is 31.7 Å². The lowest BCUT2D eigenvalue weighted by Crippen LogP contribution is -2.41. The second-order valence-electron chi connectivity index (χ2n) is 6.51. The van der Waals surface area contributed by atoms with E-state index in [1.165, 1.54) is 0 Å². The Labute approximate surface area is 173 Å². The maximum Gasteiger partial charge on any atom is 0.246 e. The van der Waals surface area contributed by atoms with Crippen molar-refractivity contribution in [1.29, 1.82) is 0 Å². The third-order valence-corrected chi connectivity index (χ3v) is 5.00.